The fourth-order valence-corrected chi connectivity index (χ4v) is 3.78. The lowest BCUT2D eigenvalue weighted by atomic mass is 9.75. The van der Waals surface area contributed by atoms with E-state index < -0.39 is 0 Å². The third-order valence-electron chi connectivity index (χ3n) is 4.60. The van der Waals surface area contributed by atoms with E-state index in [0.717, 1.165) is 6.42 Å². The molecule has 2 heteroatoms. The first-order valence-corrected chi connectivity index (χ1v) is 5.45. The van der Waals surface area contributed by atoms with Gasteiger partial charge in [0.1, 0.15) is 0 Å². The minimum absolute atomic E-state index is 0.0549. The number of ether oxygens (including phenoxy) is 1. The summed E-state index contributed by atoms with van der Waals surface area (Å²) in [6.07, 6.45) is 5.62. The second-order valence-electron chi connectivity index (χ2n) is 5.44. The van der Waals surface area contributed by atoms with Gasteiger partial charge in [-0.05, 0) is 23.7 Å². The van der Waals surface area contributed by atoms with Crippen LogP contribution in [-0.4, -0.2) is 12.6 Å². The summed E-state index contributed by atoms with van der Waals surface area (Å²) in [6.45, 7) is 5.22. The molecule has 4 atom stereocenters. The van der Waals surface area contributed by atoms with Gasteiger partial charge in [0.2, 0.25) is 0 Å². The molecule has 14 heavy (non-hydrogen) atoms. The van der Waals surface area contributed by atoms with E-state index in [1.54, 1.807) is 0 Å². The number of carbonyl (C=O) groups is 1. The fourth-order valence-electron chi connectivity index (χ4n) is 3.78. The van der Waals surface area contributed by atoms with Crippen molar-refractivity contribution in [1.82, 2.24) is 0 Å². The third-order valence-corrected chi connectivity index (χ3v) is 4.60. The number of allylic oxidation sites excluding steroid dienone is 2. The number of esters is 1. The van der Waals surface area contributed by atoms with Crippen LogP contribution in [0.4, 0.5) is 0 Å². The lowest BCUT2D eigenvalue weighted by Crippen LogP contribution is -2.26. The molecule has 2 fully saturated rings. The molecule has 0 N–H and O–H groups in total. The van der Waals surface area contributed by atoms with Gasteiger partial charge in [0.05, 0.1) is 12.5 Å². The van der Waals surface area contributed by atoms with Crippen LogP contribution in [0.5, 0.6) is 0 Å². The summed E-state index contributed by atoms with van der Waals surface area (Å²) in [5, 5.41) is 0. The predicted molar refractivity (Wildman–Crippen MR) is 52.5 cm³/mol. The molecule has 1 saturated heterocycles. The van der Waals surface area contributed by atoms with Gasteiger partial charge in [-0.25, -0.2) is 0 Å². The predicted octanol–water partition coefficient (Wildman–Crippen LogP) is 2.01. The molecule has 3 aliphatic rings. The molecule has 0 aromatic heterocycles. The van der Waals surface area contributed by atoms with Gasteiger partial charge in [-0.15, -0.1) is 0 Å². The van der Waals surface area contributed by atoms with E-state index >= 15 is 0 Å². The Kier molecular flexibility index (Phi) is 1.47. The van der Waals surface area contributed by atoms with Crippen LogP contribution in [0.1, 0.15) is 20.3 Å². The van der Waals surface area contributed by atoms with E-state index in [1.165, 1.54) is 0 Å². The van der Waals surface area contributed by atoms with Crippen LogP contribution in [0, 0.1) is 29.1 Å². The summed E-state index contributed by atoms with van der Waals surface area (Å²) in [4.78, 5) is 11.6. The monoisotopic (exact) mass is 192 g/mol. The molecule has 3 rings (SSSR count). The Balaban J connectivity index is 2.04. The first-order chi connectivity index (χ1) is 6.62. The summed E-state index contributed by atoms with van der Waals surface area (Å²) < 4.78 is 5.20. The first kappa shape index (κ1) is 8.51. The molecule has 0 spiro atoms. The van der Waals surface area contributed by atoms with Crippen LogP contribution in [0.15, 0.2) is 12.2 Å². The largest absolute Gasteiger partial charge is 0.465 e. The van der Waals surface area contributed by atoms with Crippen LogP contribution in [0.3, 0.4) is 0 Å². The zero-order valence-corrected chi connectivity index (χ0v) is 8.69. The maximum absolute atomic E-state index is 11.6. The van der Waals surface area contributed by atoms with Crippen molar-refractivity contribution < 1.29 is 9.53 Å². The molecule has 2 nitrogen and oxygen atoms in total. The normalized spacial score (nSPS) is 47.7. The lowest BCUT2D eigenvalue weighted by molar-refractivity contribution is -0.142. The summed E-state index contributed by atoms with van der Waals surface area (Å²) in [7, 11) is 0. The van der Waals surface area contributed by atoms with Gasteiger partial charge in [-0.1, -0.05) is 26.0 Å². The number of rotatable bonds is 0. The van der Waals surface area contributed by atoms with Crippen LogP contribution < -0.4 is 0 Å². The van der Waals surface area contributed by atoms with E-state index in [9.17, 15) is 4.79 Å². The van der Waals surface area contributed by atoms with E-state index in [2.05, 4.69) is 26.0 Å². The van der Waals surface area contributed by atoms with Gasteiger partial charge in [0.25, 0.3) is 0 Å². The topological polar surface area (TPSA) is 26.3 Å². The molecular weight excluding hydrogens is 176 g/mol. The van der Waals surface area contributed by atoms with Crippen LogP contribution >= 0.6 is 0 Å². The first-order valence-electron chi connectivity index (χ1n) is 5.45. The van der Waals surface area contributed by atoms with E-state index in [-0.39, 0.29) is 17.3 Å². The maximum Gasteiger partial charge on any atom is 0.309 e. The fraction of sp³-hybridized carbons (Fsp3) is 0.750. The zero-order chi connectivity index (χ0) is 9.92. The Morgan fingerprint density at radius 1 is 1.50 bits per heavy atom. The highest BCUT2D eigenvalue weighted by Crippen LogP contribution is 2.60. The maximum atomic E-state index is 11.6. The molecule has 0 radical (unpaired) electrons. The van der Waals surface area contributed by atoms with Crippen molar-refractivity contribution in [1.29, 1.82) is 0 Å². The lowest BCUT2D eigenvalue weighted by Gasteiger charge is -2.29. The van der Waals surface area contributed by atoms with E-state index in [4.69, 9.17) is 4.74 Å². The molecule has 0 unspecified atom stereocenters. The average molecular weight is 192 g/mol. The Bertz CT molecular complexity index is 316. The Morgan fingerprint density at radius 2 is 2.29 bits per heavy atom. The van der Waals surface area contributed by atoms with Crippen LogP contribution in [-0.2, 0) is 9.53 Å². The average Bonchev–Trinajstić information content (AvgIpc) is 2.71. The van der Waals surface area contributed by atoms with Crippen molar-refractivity contribution in [2.45, 2.75) is 20.3 Å². The van der Waals surface area contributed by atoms with Crippen LogP contribution in [0.2, 0.25) is 0 Å². The van der Waals surface area contributed by atoms with Crippen LogP contribution in [0.25, 0.3) is 0 Å². The van der Waals surface area contributed by atoms with Crippen molar-refractivity contribution >= 4 is 5.97 Å². The number of fused-ring (bicyclic) bond motifs is 3. The summed E-state index contributed by atoms with van der Waals surface area (Å²) in [6, 6.07) is 0. The van der Waals surface area contributed by atoms with Crippen molar-refractivity contribution in [3.63, 3.8) is 0 Å². The number of hydrogen-bond donors (Lipinski definition) is 0. The minimum atomic E-state index is 0.0549. The quantitative estimate of drug-likeness (QED) is 0.433. The molecule has 0 bridgehead atoms. The molecule has 0 aromatic carbocycles. The number of hydrogen-bond acceptors (Lipinski definition) is 2. The smallest absolute Gasteiger partial charge is 0.309 e. The zero-order valence-electron chi connectivity index (χ0n) is 8.69. The molecule has 1 saturated carbocycles. The Hall–Kier alpha value is -0.790. The number of cyclic esters (lactones) is 1. The molecular formula is C12H16O2. The van der Waals surface area contributed by atoms with Gasteiger partial charge in [-0.2, -0.15) is 0 Å². The molecule has 0 amide bonds. The van der Waals surface area contributed by atoms with Gasteiger partial charge >= 0.3 is 5.97 Å². The third kappa shape index (κ3) is 0.800. The Labute approximate surface area is 84.3 Å². The molecule has 76 valence electrons. The minimum Gasteiger partial charge on any atom is -0.465 e. The SMILES string of the molecule is CC1(C)[C@H]2C=CC[C@H]2[C@@H]2C(=O)OC[C@@H]21. The van der Waals surface area contributed by atoms with Gasteiger partial charge in [-0.3, -0.25) is 4.79 Å². The van der Waals surface area contributed by atoms with Crippen molar-refractivity contribution in [2.24, 2.45) is 29.1 Å². The summed E-state index contributed by atoms with van der Waals surface area (Å²) in [5.74, 6) is 1.83. The Morgan fingerprint density at radius 3 is 3.07 bits per heavy atom. The number of carbonyl (C=O) groups excluding carboxylic acids is 1. The highest BCUT2D eigenvalue weighted by atomic mass is 16.5. The molecule has 1 aliphatic heterocycles. The highest BCUT2D eigenvalue weighted by molar-refractivity contribution is 5.76. The van der Waals surface area contributed by atoms with E-state index in [1.807, 2.05) is 0 Å². The van der Waals surface area contributed by atoms with Crippen molar-refractivity contribution in [3.8, 4) is 0 Å². The summed E-state index contributed by atoms with van der Waals surface area (Å²) >= 11 is 0. The van der Waals surface area contributed by atoms with Crippen molar-refractivity contribution in [2.75, 3.05) is 6.61 Å². The second-order valence-corrected chi connectivity index (χ2v) is 5.44. The highest BCUT2D eigenvalue weighted by Gasteiger charge is 2.60. The molecule has 2 aliphatic carbocycles. The molecule has 0 aromatic rings. The second kappa shape index (κ2) is 2.41. The van der Waals surface area contributed by atoms with E-state index in [0.29, 0.717) is 24.4 Å². The van der Waals surface area contributed by atoms with Gasteiger partial charge in [0, 0.05) is 5.92 Å². The van der Waals surface area contributed by atoms with Gasteiger partial charge < -0.3 is 4.74 Å². The molecule has 1 heterocycles. The van der Waals surface area contributed by atoms with Crippen molar-refractivity contribution in [3.05, 3.63) is 12.2 Å². The van der Waals surface area contributed by atoms with Gasteiger partial charge in [0.15, 0.2) is 0 Å². The summed E-state index contributed by atoms with van der Waals surface area (Å²) in [5.41, 5.74) is 0.245. The standard InChI is InChI=1S/C12H16O2/c1-12(2)8-5-3-4-7(8)10-9(12)6-14-11(10)13/h3,5,7-10H,4,6H2,1-2H3/t7-,8+,9+,10+/m1/s1.